The summed E-state index contributed by atoms with van der Waals surface area (Å²) < 4.78 is 2.16. The first kappa shape index (κ1) is 20.1. The number of benzene rings is 2. The molecule has 0 bridgehead atoms. The molecule has 2 aromatic carbocycles. The SMILES string of the molecule is CCc1cc2c(-c3ccc[nH]c3=O)c(C)n(Cc3cc4ccccc4[nH]c3=O)c2cc1C. The van der Waals surface area contributed by atoms with Gasteiger partial charge in [0.15, 0.2) is 0 Å². The molecule has 0 aliphatic rings. The zero-order valence-corrected chi connectivity index (χ0v) is 18.5. The molecule has 5 rings (SSSR count). The average Bonchev–Trinajstić information content (AvgIpc) is 3.04. The van der Waals surface area contributed by atoms with Crippen LogP contribution in [0, 0.1) is 13.8 Å². The van der Waals surface area contributed by atoms with E-state index in [0.717, 1.165) is 39.5 Å². The number of hydrogen-bond donors (Lipinski definition) is 2. The van der Waals surface area contributed by atoms with Crippen LogP contribution in [-0.4, -0.2) is 14.5 Å². The van der Waals surface area contributed by atoms with Gasteiger partial charge < -0.3 is 14.5 Å². The van der Waals surface area contributed by atoms with Gasteiger partial charge in [-0.15, -0.1) is 0 Å². The Balaban J connectivity index is 1.79. The molecule has 0 atom stereocenters. The summed E-state index contributed by atoms with van der Waals surface area (Å²) in [5.74, 6) is 0. The first-order chi connectivity index (χ1) is 15.5. The van der Waals surface area contributed by atoms with E-state index in [4.69, 9.17) is 0 Å². The molecule has 0 spiro atoms. The zero-order valence-electron chi connectivity index (χ0n) is 18.5. The maximum atomic E-state index is 12.9. The Morgan fingerprint density at radius 2 is 1.72 bits per heavy atom. The van der Waals surface area contributed by atoms with E-state index in [9.17, 15) is 9.59 Å². The molecule has 3 aromatic heterocycles. The van der Waals surface area contributed by atoms with Gasteiger partial charge in [-0.3, -0.25) is 9.59 Å². The second kappa shape index (κ2) is 7.68. The summed E-state index contributed by atoms with van der Waals surface area (Å²) in [6, 6.07) is 17.8. The molecule has 32 heavy (non-hydrogen) atoms. The van der Waals surface area contributed by atoms with Crippen LogP contribution >= 0.6 is 0 Å². The fraction of sp³-hybridized carbons (Fsp3) is 0.185. The van der Waals surface area contributed by atoms with Gasteiger partial charge in [0.05, 0.1) is 6.54 Å². The van der Waals surface area contributed by atoms with Crippen molar-refractivity contribution in [2.45, 2.75) is 33.7 Å². The molecular weight excluding hydrogens is 398 g/mol. The van der Waals surface area contributed by atoms with E-state index in [2.05, 4.69) is 40.5 Å². The van der Waals surface area contributed by atoms with Crippen molar-refractivity contribution in [3.05, 3.63) is 104 Å². The minimum Gasteiger partial charge on any atom is -0.340 e. The van der Waals surface area contributed by atoms with Gasteiger partial charge in [0, 0.05) is 45.0 Å². The maximum absolute atomic E-state index is 12.9. The number of fused-ring (bicyclic) bond motifs is 2. The summed E-state index contributed by atoms with van der Waals surface area (Å²) in [6.07, 6.45) is 2.57. The minimum absolute atomic E-state index is 0.0917. The van der Waals surface area contributed by atoms with E-state index in [1.54, 1.807) is 6.20 Å². The molecule has 3 heterocycles. The van der Waals surface area contributed by atoms with Crippen molar-refractivity contribution >= 4 is 21.8 Å². The smallest absolute Gasteiger partial charge is 0.255 e. The lowest BCUT2D eigenvalue weighted by Gasteiger charge is -2.11. The van der Waals surface area contributed by atoms with E-state index in [-0.39, 0.29) is 11.1 Å². The quantitative estimate of drug-likeness (QED) is 0.424. The van der Waals surface area contributed by atoms with Crippen LogP contribution in [0.5, 0.6) is 0 Å². The van der Waals surface area contributed by atoms with Crippen molar-refractivity contribution in [1.29, 1.82) is 0 Å². The number of hydrogen-bond acceptors (Lipinski definition) is 2. The van der Waals surface area contributed by atoms with Crippen LogP contribution in [0.3, 0.4) is 0 Å². The second-order valence-electron chi connectivity index (χ2n) is 8.32. The molecule has 0 unspecified atom stereocenters. The molecule has 160 valence electrons. The van der Waals surface area contributed by atoms with Crippen LogP contribution in [0.15, 0.2) is 70.4 Å². The van der Waals surface area contributed by atoms with Crippen molar-refractivity contribution in [2.24, 2.45) is 0 Å². The Morgan fingerprint density at radius 3 is 2.50 bits per heavy atom. The molecular formula is C27H25N3O2. The van der Waals surface area contributed by atoms with E-state index in [0.29, 0.717) is 17.7 Å². The standard InChI is InChI=1S/C27H25N3O2/c1-4-18-14-22-24(12-16(18)2)30(17(3)25(22)21-9-7-11-28-27(21)32)15-20-13-19-8-5-6-10-23(19)29-26(20)31/h5-14H,4,15H2,1-3H3,(H,28,32)(H,29,31). The highest BCUT2D eigenvalue weighted by Gasteiger charge is 2.20. The second-order valence-corrected chi connectivity index (χ2v) is 8.32. The first-order valence-corrected chi connectivity index (χ1v) is 10.9. The van der Waals surface area contributed by atoms with Crippen molar-refractivity contribution < 1.29 is 0 Å². The number of pyridine rings is 2. The fourth-order valence-electron chi connectivity index (χ4n) is 4.70. The monoisotopic (exact) mass is 423 g/mol. The van der Waals surface area contributed by atoms with E-state index < -0.39 is 0 Å². The summed E-state index contributed by atoms with van der Waals surface area (Å²) in [5, 5.41) is 2.04. The van der Waals surface area contributed by atoms with Crippen molar-refractivity contribution in [3.8, 4) is 11.1 Å². The Bertz CT molecular complexity index is 1600. The first-order valence-electron chi connectivity index (χ1n) is 10.9. The van der Waals surface area contributed by atoms with Gasteiger partial charge in [0.1, 0.15) is 0 Å². The lowest BCUT2D eigenvalue weighted by molar-refractivity contribution is 0.796. The average molecular weight is 424 g/mol. The molecule has 0 aliphatic carbocycles. The molecule has 0 saturated heterocycles. The summed E-state index contributed by atoms with van der Waals surface area (Å²) >= 11 is 0. The third kappa shape index (κ3) is 3.17. The third-order valence-corrected chi connectivity index (χ3v) is 6.41. The molecule has 5 nitrogen and oxygen atoms in total. The van der Waals surface area contributed by atoms with E-state index >= 15 is 0 Å². The maximum Gasteiger partial charge on any atom is 0.255 e. The van der Waals surface area contributed by atoms with Crippen molar-refractivity contribution in [2.75, 3.05) is 0 Å². The number of rotatable bonds is 4. The van der Waals surface area contributed by atoms with Gasteiger partial charge >= 0.3 is 0 Å². The Morgan fingerprint density at radius 1 is 0.906 bits per heavy atom. The highest BCUT2D eigenvalue weighted by Crippen LogP contribution is 2.35. The van der Waals surface area contributed by atoms with Crippen LogP contribution in [0.4, 0.5) is 0 Å². The van der Waals surface area contributed by atoms with Gasteiger partial charge in [0.25, 0.3) is 11.1 Å². The van der Waals surface area contributed by atoms with Crippen molar-refractivity contribution in [1.82, 2.24) is 14.5 Å². The molecule has 5 aromatic rings. The number of nitrogens with one attached hydrogen (secondary N) is 2. The predicted octanol–water partition coefficient (Wildman–Crippen LogP) is 5.07. The topological polar surface area (TPSA) is 70.7 Å². The Labute approximate surface area is 185 Å². The van der Waals surface area contributed by atoms with Crippen LogP contribution in [-0.2, 0) is 13.0 Å². The molecule has 0 saturated carbocycles. The summed E-state index contributed by atoms with van der Waals surface area (Å²) in [5.41, 5.74) is 7.35. The molecule has 0 fully saturated rings. The number of para-hydroxylation sites is 1. The predicted molar refractivity (Wildman–Crippen MR) is 131 cm³/mol. The van der Waals surface area contributed by atoms with Gasteiger partial charge in [-0.2, -0.15) is 0 Å². The number of H-pyrrole nitrogens is 2. The largest absolute Gasteiger partial charge is 0.340 e. The normalized spacial score (nSPS) is 11.5. The molecule has 2 N–H and O–H groups in total. The lowest BCUT2D eigenvalue weighted by atomic mass is 9.98. The molecule has 0 amide bonds. The Hall–Kier alpha value is -3.86. The third-order valence-electron chi connectivity index (χ3n) is 6.41. The lowest BCUT2D eigenvalue weighted by Crippen LogP contribution is -2.16. The summed E-state index contributed by atoms with van der Waals surface area (Å²) in [4.78, 5) is 31.3. The van der Waals surface area contributed by atoms with E-state index in [1.165, 1.54) is 11.1 Å². The van der Waals surface area contributed by atoms with E-state index in [1.807, 2.05) is 49.4 Å². The number of aromatic nitrogens is 3. The van der Waals surface area contributed by atoms with Crippen LogP contribution < -0.4 is 11.1 Å². The number of nitrogens with zero attached hydrogens (tertiary/aromatic N) is 1. The fourth-order valence-corrected chi connectivity index (χ4v) is 4.70. The van der Waals surface area contributed by atoms with Gasteiger partial charge in [-0.25, -0.2) is 0 Å². The zero-order chi connectivity index (χ0) is 22.4. The summed E-state index contributed by atoms with van der Waals surface area (Å²) in [7, 11) is 0. The summed E-state index contributed by atoms with van der Waals surface area (Å²) in [6.45, 7) is 6.71. The number of aryl methyl sites for hydroxylation is 2. The van der Waals surface area contributed by atoms with Gasteiger partial charge in [-0.05, 0) is 73.2 Å². The van der Waals surface area contributed by atoms with Crippen LogP contribution in [0.1, 0.15) is 29.3 Å². The minimum atomic E-state index is -0.114. The number of aromatic amines is 2. The van der Waals surface area contributed by atoms with Gasteiger partial charge in [0.2, 0.25) is 0 Å². The highest BCUT2D eigenvalue weighted by molar-refractivity contribution is 5.99. The molecule has 0 aliphatic heterocycles. The van der Waals surface area contributed by atoms with Crippen LogP contribution in [0.25, 0.3) is 32.9 Å². The van der Waals surface area contributed by atoms with Crippen LogP contribution in [0.2, 0.25) is 0 Å². The van der Waals surface area contributed by atoms with Crippen molar-refractivity contribution in [3.63, 3.8) is 0 Å². The highest BCUT2D eigenvalue weighted by atomic mass is 16.1. The molecule has 5 heteroatoms. The van der Waals surface area contributed by atoms with Gasteiger partial charge in [-0.1, -0.05) is 25.1 Å². The molecule has 0 radical (unpaired) electrons. The Kier molecular flexibility index (Phi) is 4.82.